The van der Waals surface area contributed by atoms with Gasteiger partial charge in [-0.25, -0.2) is 9.59 Å². The van der Waals surface area contributed by atoms with Gasteiger partial charge in [0.25, 0.3) is 0 Å². The zero-order chi connectivity index (χ0) is 20.2. The van der Waals surface area contributed by atoms with Crippen LogP contribution < -0.4 is 10.6 Å². The van der Waals surface area contributed by atoms with E-state index in [4.69, 9.17) is 18.9 Å². The lowest BCUT2D eigenvalue weighted by Gasteiger charge is -2.41. The second-order valence-corrected chi connectivity index (χ2v) is 5.45. The van der Waals surface area contributed by atoms with E-state index in [9.17, 15) is 24.9 Å². The predicted octanol–water partition coefficient (Wildman–Crippen LogP) is -1.36. The van der Waals surface area contributed by atoms with Crippen molar-refractivity contribution in [3.63, 3.8) is 0 Å². The molecular formula is C16H26N2O9. The van der Waals surface area contributed by atoms with Crippen molar-refractivity contribution in [3.05, 3.63) is 25.3 Å². The van der Waals surface area contributed by atoms with Crippen molar-refractivity contribution < 1.29 is 43.9 Å². The van der Waals surface area contributed by atoms with E-state index in [2.05, 4.69) is 23.8 Å². The molecule has 11 heteroatoms. The number of amides is 2. The highest BCUT2D eigenvalue weighted by atomic mass is 16.7. The fraction of sp³-hybridized carbons (Fsp3) is 0.625. The predicted molar refractivity (Wildman–Crippen MR) is 91.7 cm³/mol. The number of nitrogens with one attached hydrogen (secondary N) is 2. The number of aliphatic hydroxyl groups excluding tert-OH is 3. The van der Waals surface area contributed by atoms with Gasteiger partial charge in [-0.2, -0.15) is 0 Å². The van der Waals surface area contributed by atoms with Crippen LogP contribution in [0.1, 0.15) is 0 Å². The number of aliphatic hydroxyl groups is 3. The lowest BCUT2D eigenvalue weighted by Crippen LogP contribution is -2.65. The van der Waals surface area contributed by atoms with Crippen molar-refractivity contribution >= 4 is 12.2 Å². The van der Waals surface area contributed by atoms with Gasteiger partial charge in [0, 0.05) is 6.54 Å². The summed E-state index contributed by atoms with van der Waals surface area (Å²) in [6, 6.07) is -1.17. The summed E-state index contributed by atoms with van der Waals surface area (Å²) < 4.78 is 20.3. The van der Waals surface area contributed by atoms with Gasteiger partial charge in [0.2, 0.25) is 0 Å². The van der Waals surface area contributed by atoms with Crippen molar-refractivity contribution in [3.8, 4) is 0 Å². The molecule has 1 heterocycles. The molecule has 0 saturated carbocycles. The van der Waals surface area contributed by atoms with Gasteiger partial charge >= 0.3 is 12.2 Å². The molecule has 1 saturated heterocycles. The van der Waals surface area contributed by atoms with Crippen molar-refractivity contribution in [2.75, 3.05) is 33.0 Å². The molecular weight excluding hydrogens is 364 g/mol. The van der Waals surface area contributed by atoms with Gasteiger partial charge in [0.15, 0.2) is 6.29 Å². The Morgan fingerprint density at radius 3 is 2.30 bits per heavy atom. The van der Waals surface area contributed by atoms with Gasteiger partial charge in [-0.3, -0.25) is 0 Å². The first-order valence-corrected chi connectivity index (χ1v) is 8.24. The van der Waals surface area contributed by atoms with E-state index in [-0.39, 0.29) is 26.4 Å². The van der Waals surface area contributed by atoms with Crippen molar-refractivity contribution in [2.24, 2.45) is 0 Å². The molecule has 0 radical (unpaired) electrons. The SMILES string of the molecule is C=CCOC(=O)NCCO[C@H]1O[C@H](CO)[C@@H](O)[C@H](O)[C@@H]1NC(=O)OCC=C. The summed E-state index contributed by atoms with van der Waals surface area (Å²) >= 11 is 0. The van der Waals surface area contributed by atoms with Crippen LogP contribution in [0.25, 0.3) is 0 Å². The molecule has 0 aromatic rings. The summed E-state index contributed by atoms with van der Waals surface area (Å²) in [6.07, 6.45) is -4.04. The molecule has 1 rings (SSSR count). The Balaban J connectivity index is 2.60. The zero-order valence-corrected chi connectivity index (χ0v) is 14.8. The normalized spacial score (nSPS) is 27.3. The molecule has 11 nitrogen and oxygen atoms in total. The second kappa shape index (κ2) is 12.3. The Bertz CT molecular complexity index is 502. The molecule has 0 aliphatic carbocycles. The Labute approximate surface area is 156 Å². The third-order valence-corrected chi connectivity index (χ3v) is 3.48. The van der Waals surface area contributed by atoms with Crippen LogP contribution in [0.15, 0.2) is 25.3 Å². The Morgan fingerprint density at radius 2 is 1.70 bits per heavy atom. The zero-order valence-electron chi connectivity index (χ0n) is 14.8. The standard InChI is InChI=1S/C16H26N2O9/c1-3-6-25-15(22)17-5-8-24-14-11(18-16(23)26-7-4-2)13(21)12(20)10(9-19)27-14/h3-4,10-14,19-21H,1-2,5-9H2,(H,17,22)(H,18,23)/t10-,11+,12-,13-,14+/m1/s1. The van der Waals surface area contributed by atoms with Crippen LogP contribution in [0.3, 0.4) is 0 Å². The molecule has 154 valence electrons. The Morgan fingerprint density at radius 1 is 1.07 bits per heavy atom. The maximum absolute atomic E-state index is 11.7. The molecule has 2 amide bonds. The molecule has 0 aromatic heterocycles. The van der Waals surface area contributed by atoms with Crippen molar-refractivity contribution in [1.29, 1.82) is 0 Å². The summed E-state index contributed by atoms with van der Waals surface area (Å²) in [5.74, 6) is 0. The van der Waals surface area contributed by atoms with E-state index in [0.717, 1.165) is 0 Å². The minimum absolute atomic E-state index is 0.0475. The number of hydrogen-bond donors (Lipinski definition) is 5. The summed E-state index contributed by atoms with van der Waals surface area (Å²) in [6.45, 7) is 6.23. The number of ether oxygens (including phenoxy) is 4. The molecule has 0 unspecified atom stereocenters. The monoisotopic (exact) mass is 390 g/mol. The highest BCUT2D eigenvalue weighted by Crippen LogP contribution is 2.22. The Hall–Kier alpha value is -2.18. The molecule has 1 fully saturated rings. The number of rotatable bonds is 10. The van der Waals surface area contributed by atoms with Crippen LogP contribution in [0.5, 0.6) is 0 Å². The third-order valence-electron chi connectivity index (χ3n) is 3.48. The number of alkyl carbamates (subject to hydrolysis) is 2. The molecule has 27 heavy (non-hydrogen) atoms. The van der Waals surface area contributed by atoms with E-state index >= 15 is 0 Å². The van der Waals surface area contributed by atoms with E-state index in [1.54, 1.807) is 0 Å². The first-order chi connectivity index (χ1) is 12.9. The van der Waals surface area contributed by atoms with Crippen LogP contribution in [0.2, 0.25) is 0 Å². The first-order valence-electron chi connectivity index (χ1n) is 8.24. The summed E-state index contributed by atoms with van der Waals surface area (Å²) in [5.41, 5.74) is 0. The minimum Gasteiger partial charge on any atom is -0.445 e. The maximum Gasteiger partial charge on any atom is 0.407 e. The molecule has 0 aromatic carbocycles. The summed E-state index contributed by atoms with van der Waals surface area (Å²) in [4.78, 5) is 23.0. The molecule has 1 aliphatic heterocycles. The summed E-state index contributed by atoms with van der Waals surface area (Å²) in [7, 11) is 0. The van der Waals surface area contributed by atoms with Crippen molar-refractivity contribution in [1.82, 2.24) is 10.6 Å². The lowest BCUT2D eigenvalue weighted by molar-refractivity contribution is -0.268. The molecule has 5 N–H and O–H groups in total. The van der Waals surface area contributed by atoms with Crippen LogP contribution in [-0.2, 0) is 18.9 Å². The average molecular weight is 390 g/mol. The van der Waals surface area contributed by atoms with Crippen LogP contribution in [-0.4, -0.2) is 91.1 Å². The number of carbonyl (C=O) groups is 2. The minimum atomic E-state index is -1.48. The average Bonchev–Trinajstić information content (AvgIpc) is 2.66. The molecule has 1 aliphatic rings. The number of carbonyl (C=O) groups excluding carboxylic acids is 2. The van der Waals surface area contributed by atoms with Gasteiger partial charge in [-0.05, 0) is 0 Å². The topological polar surface area (TPSA) is 156 Å². The highest BCUT2D eigenvalue weighted by molar-refractivity contribution is 5.68. The maximum atomic E-state index is 11.7. The Kier molecular flexibility index (Phi) is 10.4. The fourth-order valence-corrected chi connectivity index (χ4v) is 2.20. The highest BCUT2D eigenvalue weighted by Gasteiger charge is 2.45. The second-order valence-electron chi connectivity index (χ2n) is 5.45. The lowest BCUT2D eigenvalue weighted by atomic mass is 9.97. The quantitative estimate of drug-likeness (QED) is 0.224. The van der Waals surface area contributed by atoms with E-state index in [1.807, 2.05) is 0 Å². The smallest absolute Gasteiger partial charge is 0.407 e. The molecule has 5 atom stereocenters. The van der Waals surface area contributed by atoms with Gasteiger partial charge in [0.1, 0.15) is 37.6 Å². The van der Waals surface area contributed by atoms with Gasteiger partial charge < -0.3 is 44.9 Å². The van der Waals surface area contributed by atoms with E-state index < -0.39 is 49.4 Å². The third kappa shape index (κ3) is 7.53. The van der Waals surface area contributed by atoms with Gasteiger partial charge in [-0.15, -0.1) is 0 Å². The van der Waals surface area contributed by atoms with Crippen LogP contribution in [0.4, 0.5) is 9.59 Å². The van der Waals surface area contributed by atoms with Crippen molar-refractivity contribution in [2.45, 2.75) is 30.6 Å². The fourth-order valence-electron chi connectivity index (χ4n) is 2.20. The van der Waals surface area contributed by atoms with E-state index in [1.165, 1.54) is 12.2 Å². The van der Waals surface area contributed by atoms with E-state index in [0.29, 0.717) is 0 Å². The van der Waals surface area contributed by atoms with Crippen LogP contribution in [0, 0.1) is 0 Å². The number of hydrogen-bond acceptors (Lipinski definition) is 9. The first kappa shape index (κ1) is 22.9. The molecule has 0 bridgehead atoms. The molecule has 0 spiro atoms. The van der Waals surface area contributed by atoms with Crippen LogP contribution >= 0.6 is 0 Å². The van der Waals surface area contributed by atoms with Gasteiger partial charge in [0.05, 0.1) is 13.2 Å². The summed E-state index contributed by atoms with van der Waals surface area (Å²) in [5, 5.41) is 34.2. The largest absolute Gasteiger partial charge is 0.445 e. The van der Waals surface area contributed by atoms with Gasteiger partial charge in [-0.1, -0.05) is 25.3 Å².